The van der Waals surface area contributed by atoms with Gasteiger partial charge in [-0.3, -0.25) is 9.59 Å². The summed E-state index contributed by atoms with van der Waals surface area (Å²) in [5.74, 6) is 1.92. The summed E-state index contributed by atoms with van der Waals surface area (Å²) in [6, 6.07) is 28.6. The van der Waals surface area contributed by atoms with Crippen molar-refractivity contribution in [2.24, 2.45) is 0 Å². The number of ether oxygens (including phenoxy) is 2. The van der Waals surface area contributed by atoms with Gasteiger partial charge < -0.3 is 9.47 Å². The summed E-state index contributed by atoms with van der Waals surface area (Å²) in [5.41, 5.74) is 3.35. The van der Waals surface area contributed by atoms with Crippen LogP contribution in [-0.2, 0) is 0 Å². The molecule has 4 aromatic rings. The molecule has 0 aliphatic carbocycles. The largest absolute Gasteiger partial charge is 0.491 e. The van der Waals surface area contributed by atoms with Crippen molar-refractivity contribution in [3.63, 3.8) is 0 Å². The smallest absolute Gasteiger partial charge is 0.193 e. The third-order valence-electron chi connectivity index (χ3n) is 5.27. The second-order valence-corrected chi connectivity index (χ2v) is 8.37. The van der Waals surface area contributed by atoms with E-state index in [2.05, 4.69) is 0 Å². The van der Waals surface area contributed by atoms with Crippen LogP contribution in [0.2, 0.25) is 0 Å². The van der Waals surface area contributed by atoms with E-state index in [1.807, 2.05) is 69.3 Å². The van der Waals surface area contributed by atoms with E-state index in [-0.39, 0.29) is 17.7 Å². The van der Waals surface area contributed by atoms with Gasteiger partial charge in [-0.2, -0.15) is 0 Å². The fourth-order valence-corrected chi connectivity index (χ4v) is 3.48. The van der Waals surface area contributed by atoms with Crippen LogP contribution in [0.3, 0.4) is 0 Å². The molecule has 0 radical (unpaired) electrons. The van der Waals surface area contributed by atoms with Crippen LogP contribution < -0.4 is 9.47 Å². The highest BCUT2D eigenvalue weighted by molar-refractivity contribution is 6.11. The van der Waals surface area contributed by atoms with Gasteiger partial charge in [-0.15, -0.1) is 0 Å². The first kappa shape index (κ1) is 23.0. The summed E-state index contributed by atoms with van der Waals surface area (Å²) >= 11 is 0. The molecule has 0 heterocycles. The van der Waals surface area contributed by atoms with E-state index in [4.69, 9.17) is 9.47 Å². The summed E-state index contributed by atoms with van der Waals surface area (Å²) in [5, 5.41) is 0. The Morgan fingerprint density at radius 2 is 0.853 bits per heavy atom. The van der Waals surface area contributed by atoms with Crippen molar-refractivity contribution in [2.75, 3.05) is 0 Å². The maximum absolute atomic E-state index is 12.9. The van der Waals surface area contributed by atoms with E-state index in [1.54, 1.807) is 48.5 Å². The van der Waals surface area contributed by atoms with Gasteiger partial charge in [0.2, 0.25) is 0 Å². The van der Waals surface area contributed by atoms with Crippen molar-refractivity contribution in [1.82, 2.24) is 0 Å². The van der Waals surface area contributed by atoms with Gasteiger partial charge in [-0.05, 0) is 69.3 Å². The van der Waals surface area contributed by atoms with Crippen molar-refractivity contribution in [3.8, 4) is 17.2 Å². The highest BCUT2D eigenvalue weighted by Crippen LogP contribution is 2.25. The fourth-order valence-electron chi connectivity index (χ4n) is 3.48. The van der Waals surface area contributed by atoms with Gasteiger partial charge in [-0.25, -0.2) is 0 Å². The van der Waals surface area contributed by atoms with Gasteiger partial charge in [0.05, 0.1) is 6.10 Å². The number of hydrogen-bond donors (Lipinski definition) is 0. The van der Waals surface area contributed by atoms with E-state index < -0.39 is 0 Å². The maximum atomic E-state index is 12.9. The lowest BCUT2D eigenvalue weighted by molar-refractivity contribution is 0.102. The Balaban J connectivity index is 1.41. The summed E-state index contributed by atoms with van der Waals surface area (Å²) in [6.07, 6.45) is 0.113. The number of carbonyl (C=O) groups is 2. The van der Waals surface area contributed by atoms with Crippen molar-refractivity contribution < 1.29 is 19.1 Å². The fraction of sp³-hybridized carbons (Fsp3) is 0.133. The van der Waals surface area contributed by atoms with Crippen molar-refractivity contribution in [3.05, 3.63) is 125 Å². The van der Waals surface area contributed by atoms with E-state index in [9.17, 15) is 9.59 Å². The standard InChI is InChI=1S/C30H26O4/c1-20(2)33-26-16-18-28(19-17-26)34-27-14-12-25(13-15-27)30(32)24-10-8-23(9-11-24)29(31)22-6-4-21(3)5-7-22/h4-20H,1-3H3. The summed E-state index contributed by atoms with van der Waals surface area (Å²) in [4.78, 5) is 25.5. The Morgan fingerprint density at radius 1 is 0.529 bits per heavy atom. The lowest BCUT2D eigenvalue weighted by Gasteiger charge is -2.11. The summed E-state index contributed by atoms with van der Waals surface area (Å²) in [6.45, 7) is 5.94. The second-order valence-electron chi connectivity index (χ2n) is 8.37. The number of carbonyl (C=O) groups excluding carboxylic acids is 2. The predicted molar refractivity (Wildman–Crippen MR) is 133 cm³/mol. The molecule has 0 atom stereocenters. The molecular formula is C30H26O4. The topological polar surface area (TPSA) is 52.6 Å². The predicted octanol–water partition coefficient (Wildman–Crippen LogP) is 7.04. The SMILES string of the molecule is Cc1ccc(C(=O)c2ccc(C(=O)c3ccc(Oc4ccc(OC(C)C)cc4)cc3)cc2)cc1. The van der Waals surface area contributed by atoms with Gasteiger partial charge in [-0.1, -0.05) is 54.1 Å². The molecule has 0 saturated heterocycles. The molecule has 0 aliphatic heterocycles. The molecule has 0 saturated carbocycles. The zero-order valence-electron chi connectivity index (χ0n) is 19.4. The molecule has 4 nitrogen and oxygen atoms in total. The highest BCUT2D eigenvalue weighted by atomic mass is 16.5. The number of benzene rings is 4. The van der Waals surface area contributed by atoms with Crippen LogP contribution in [0.1, 0.15) is 51.3 Å². The molecule has 4 rings (SSSR count). The van der Waals surface area contributed by atoms with E-state index in [1.165, 1.54) is 0 Å². The zero-order valence-corrected chi connectivity index (χ0v) is 19.4. The molecule has 0 aromatic heterocycles. The van der Waals surface area contributed by atoms with E-state index in [0.29, 0.717) is 33.8 Å². The Hall–Kier alpha value is -4.18. The molecule has 34 heavy (non-hydrogen) atoms. The first-order valence-corrected chi connectivity index (χ1v) is 11.2. The highest BCUT2D eigenvalue weighted by Gasteiger charge is 2.13. The van der Waals surface area contributed by atoms with Crippen LogP contribution >= 0.6 is 0 Å². The van der Waals surface area contributed by atoms with Gasteiger partial charge in [0, 0.05) is 22.3 Å². The average molecular weight is 451 g/mol. The summed E-state index contributed by atoms with van der Waals surface area (Å²) < 4.78 is 11.5. The molecule has 4 heteroatoms. The van der Waals surface area contributed by atoms with Gasteiger partial charge in [0.15, 0.2) is 11.6 Å². The van der Waals surface area contributed by atoms with Crippen molar-refractivity contribution >= 4 is 11.6 Å². The molecule has 4 aromatic carbocycles. The molecule has 0 unspecified atom stereocenters. The van der Waals surface area contributed by atoms with Crippen molar-refractivity contribution in [1.29, 1.82) is 0 Å². The minimum absolute atomic E-state index is 0.0655. The molecule has 170 valence electrons. The van der Waals surface area contributed by atoms with Crippen LogP contribution in [0.5, 0.6) is 17.2 Å². The van der Waals surface area contributed by atoms with E-state index in [0.717, 1.165) is 11.3 Å². The van der Waals surface area contributed by atoms with Crippen LogP contribution in [0.4, 0.5) is 0 Å². The third-order valence-corrected chi connectivity index (χ3v) is 5.27. The Kier molecular flexibility index (Phi) is 6.88. The first-order valence-electron chi connectivity index (χ1n) is 11.2. The van der Waals surface area contributed by atoms with E-state index >= 15 is 0 Å². The molecular weight excluding hydrogens is 424 g/mol. The zero-order chi connectivity index (χ0) is 24.1. The normalized spacial score (nSPS) is 10.7. The second kappa shape index (κ2) is 10.2. The number of ketones is 2. The average Bonchev–Trinajstić information content (AvgIpc) is 2.85. The molecule has 0 aliphatic rings. The molecule has 0 bridgehead atoms. The monoisotopic (exact) mass is 450 g/mol. The Morgan fingerprint density at radius 3 is 1.26 bits per heavy atom. The van der Waals surface area contributed by atoms with Crippen LogP contribution in [0.15, 0.2) is 97.1 Å². The Labute approximate surface area is 199 Å². The number of hydrogen-bond acceptors (Lipinski definition) is 4. The number of rotatable bonds is 8. The van der Waals surface area contributed by atoms with Crippen molar-refractivity contribution in [2.45, 2.75) is 26.9 Å². The number of aryl methyl sites for hydroxylation is 1. The molecule has 0 spiro atoms. The molecule has 0 fully saturated rings. The Bertz CT molecular complexity index is 1270. The quantitative estimate of drug-likeness (QED) is 0.270. The third kappa shape index (κ3) is 5.59. The van der Waals surface area contributed by atoms with Crippen LogP contribution in [0.25, 0.3) is 0 Å². The summed E-state index contributed by atoms with van der Waals surface area (Å²) in [7, 11) is 0. The lowest BCUT2D eigenvalue weighted by Crippen LogP contribution is -2.05. The molecule has 0 N–H and O–H groups in total. The van der Waals surface area contributed by atoms with Gasteiger partial charge in [0.1, 0.15) is 17.2 Å². The van der Waals surface area contributed by atoms with Gasteiger partial charge >= 0.3 is 0 Å². The van der Waals surface area contributed by atoms with Crippen LogP contribution in [-0.4, -0.2) is 17.7 Å². The van der Waals surface area contributed by atoms with Gasteiger partial charge in [0.25, 0.3) is 0 Å². The maximum Gasteiger partial charge on any atom is 0.193 e. The first-order chi connectivity index (χ1) is 16.4. The minimum atomic E-state index is -0.115. The van der Waals surface area contributed by atoms with Crippen LogP contribution in [0, 0.1) is 6.92 Å². The lowest BCUT2D eigenvalue weighted by atomic mass is 9.98. The minimum Gasteiger partial charge on any atom is -0.491 e. The molecule has 0 amide bonds.